The van der Waals surface area contributed by atoms with Gasteiger partial charge in [-0.2, -0.15) is 0 Å². The highest BCUT2D eigenvalue weighted by Gasteiger charge is 2.20. The molecule has 1 rings (SSSR count). The van der Waals surface area contributed by atoms with E-state index >= 15 is 0 Å². The van der Waals surface area contributed by atoms with Crippen molar-refractivity contribution in [3.63, 3.8) is 0 Å². The minimum Gasteiger partial charge on any atom is -0.496 e. The number of amides is 1. The zero-order valence-corrected chi connectivity index (χ0v) is 11.9. The number of rotatable bonds is 3. The van der Waals surface area contributed by atoms with Crippen molar-refractivity contribution in [2.24, 2.45) is 0 Å². The van der Waals surface area contributed by atoms with Crippen LogP contribution in [0.15, 0.2) is 18.2 Å². The molecule has 0 aromatic heterocycles. The van der Waals surface area contributed by atoms with Crippen molar-refractivity contribution in [2.75, 3.05) is 7.11 Å². The zero-order valence-electron chi connectivity index (χ0n) is 11.9. The summed E-state index contributed by atoms with van der Waals surface area (Å²) in [6.07, 6.45) is -0.550. The van der Waals surface area contributed by atoms with E-state index in [1.165, 1.54) is 25.3 Å². The van der Waals surface area contributed by atoms with Gasteiger partial charge >= 0.3 is 6.09 Å². The van der Waals surface area contributed by atoms with Crippen LogP contribution in [0.1, 0.15) is 39.3 Å². The fourth-order valence-electron chi connectivity index (χ4n) is 1.61. The van der Waals surface area contributed by atoms with Gasteiger partial charge in [-0.25, -0.2) is 9.18 Å². The number of benzene rings is 1. The molecule has 0 aliphatic heterocycles. The maximum absolute atomic E-state index is 13.3. The van der Waals surface area contributed by atoms with Crippen LogP contribution in [0.4, 0.5) is 9.18 Å². The van der Waals surface area contributed by atoms with Crippen molar-refractivity contribution in [3.05, 3.63) is 29.6 Å². The van der Waals surface area contributed by atoms with E-state index in [4.69, 9.17) is 9.47 Å². The number of methoxy groups -OCH3 is 1. The number of ether oxygens (including phenoxy) is 2. The molecule has 0 bridgehead atoms. The average molecular weight is 269 g/mol. The molecule has 1 aromatic rings. The number of carbonyl (C=O) groups is 1. The third-order valence-corrected chi connectivity index (χ3v) is 2.39. The van der Waals surface area contributed by atoms with Crippen LogP contribution >= 0.6 is 0 Å². The van der Waals surface area contributed by atoms with Gasteiger partial charge in [0.1, 0.15) is 17.2 Å². The molecule has 1 atom stereocenters. The molecule has 0 fully saturated rings. The number of carbonyl (C=O) groups excluding carboxylic acids is 1. The maximum Gasteiger partial charge on any atom is 0.408 e. The van der Waals surface area contributed by atoms with E-state index in [1.54, 1.807) is 27.7 Å². The van der Waals surface area contributed by atoms with Crippen LogP contribution in [0.2, 0.25) is 0 Å². The van der Waals surface area contributed by atoms with Gasteiger partial charge in [0.25, 0.3) is 0 Å². The van der Waals surface area contributed by atoms with Crippen LogP contribution in [-0.2, 0) is 4.74 Å². The lowest BCUT2D eigenvalue weighted by molar-refractivity contribution is 0.0507. The normalized spacial score (nSPS) is 12.7. The highest BCUT2D eigenvalue weighted by Crippen LogP contribution is 2.26. The van der Waals surface area contributed by atoms with E-state index in [-0.39, 0.29) is 5.82 Å². The summed E-state index contributed by atoms with van der Waals surface area (Å²) in [5.74, 6) is 0.138. The summed E-state index contributed by atoms with van der Waals surface area (Å²) in [5.41, 5.74) is -0.0103. The number of hydrogen-bond donors (Lipinski definition) is 1. The summed E-state index contributed by atoms with van der Waals surface area (Å²) in [5, 5.41) is 2.65. The molecule has 0 aliphatic rings. The topological polar surface area (TPSA) is 47.6 Å². The summed E-state index contributed by atoms with van der Waals surface area (Å²) in [7, 11) is 1.50. The number of hydrogen-bond acceptors (Lipinski definition) is 3. The van der Waals surface area contributed by atoms with Crippen LogP contribution in [0.3, 0.4) is 0 Å². The zero-order chi connectivity index (χ0) is 14.6. The molecule has 1 unspecified atom stereocenters. The van der Waals surface area contributed by atoms with Gasteiger partial charge in [-0.1, -0.05) is 0 Å². The fraction of sp³-hybridized carbons (Fsp3) is 0.500. The first-order chi connectivity index (χ1) is 8.73. The largest absolute Gasteiger partial charge is 0.496 e. The number of alkyl carbamates (subject to hydrolysis) is 1. The Morgan fingerprint density at radius 3 is 2.53 bits per heavy atom. The van der Waals surface area contributed by atoms with Crippen LogP contribution in [0.25, 0.3) is 0 Å². The molecule has 19 heavy (non-hydrogen) atoms. The maximum atomic E-state index is 13.3. The van der Waals surface area contributed by atoms with Crippen LogP contribution in [0.5, 0.6) is 5.75 Å². The van der Waals surface area contributed by atoms with Crippen molar-refractivity contribution in [2.45, 2.75) is 39.3 Å². The lowest BCUT2D eigenvalue weighted by Crippen LogP contribution is -2.34. The summed E-state index contributed by atoms with van der Waals surface area (Å²) < 4.78 is 23.5. The van der Waals surface area contributed by atoms with Gasteiger partial charge < -0.3 is 14.8 Å². The van der Waals surface area contributed by atoms with Gasteiger partial charge in [0, 0.05) is 5.56 Å². The monoisotopic (exact) mass is 269 g/mol. The molecule has 0 aliphatic carbocycles. The Hall–Kier alpha value is -1.78. The Morgan fingerprint density at radius 2 is 2.00 bits per heavy atom. The van der Waals surface area contributed by atoms with Gasteiger partial charge in [0.05, 0.1) is 13.2 Å². The molecular weight excluding hydrogens is 249 g/mol. The SMILES string of the molecule is COc1ccc(F)cc1C(C)NC(=O)OC(C)(C)C. The molecule has 4 nitrogen and oxygen atoms in total. The average Bonchev–Trinajstić information content (AvgIpc) is 2.26. The van der Waals surface area contributed by atoms with Crippen LogP contribution < -0.4 is 10.1 Å². The van der Waals surface area contributed by atoms with E-state index in [1.807, 2.05) is 0 Å². The lowest BCUT2D eigenvalue weighted by Gasteiger charge is -2.22. The van der Waals surface area contributed by atoms with E-state index in [0.29, 0.717) is 11.3 Å². The van der Waals surface area contributed by atoms with E-state index in [9.17, 15) is 9.18 Å². The van der Waals surface area contributed by atoms with Gasteiger partial charge in [-0.3, -0.25) is 0 Å². The van der Waals surface area contributed by atoms with Crippen molar-refractivity contribution < 1.29 is 18.7 Å². The molecule has 1 aromatic carbocycles. The minimum atomic E-state index is -0.574. The molecule has 5 heteroatoms. The third-order valence-electron chi connectivity index (χ3n) is 2.39. The molecular formula is C14H20FNO3. The smallest absolute Gasteiger partial charge is 0.408 e. The molecule has 0 spiro atoms. The van der Waals surface area contributed by atoms with Gasteiger partial charge in [-0.05, 0) is 45.9 Å². The highest BCUT2D eigenvalue weighted by molar-refractivity contribution is 5.68. The van der Waals surface area contributed by atoms with Gasteiger partial charge in [0.15, 0.2) is 0 Å². The summed E-state index contributed by atoms with van der Waals surface area (Å²) >= 11 is 0. The summed E-state index contributed by atoms with van der Waals surface area (Å²) in [6.45, 7) is 7.07. The third kappa shape index (κ3) is 4.77. The van der Waals surface area contributed by atoms with E-state index < -0.39 is 17.7 Å². The Balaban J connectivity index is 2.80. The summed E-state index contributed by atoms with van der Waals surface area (Å²) in [6, 6.07) is 3.75. The Kier molecular flexibility index (Phi) is 4.75. The second-order valence-corrected chi connectivity index (χ2v) is 5.25. The predicted molar refractivity (Wildman–Crippen MR) is 70.7 cm³/mol. The molecule has 106 valence electrons. The fourth-order valence-corrected chi connectivity index (χ4v) is 1.61. The molecule has 0 heterocycles. The Labute approximate surface area is 112 Å². The van der Waals surface area contributed by atoms with Crippen LogP contribution in [-0.4, -0.2) is 18.8 Å². The quantitative estimate of drug-likeness (QED) is 0.914. The van der Waals surface area contributed by atoms with Gasteiger partial charge in [-0.15, -0.1) is 0 Å². The predicted octanol–water partition coefficient (Wildman–Crippen LogP) is 3.42. The summed E-state index contributed by atoms with van der Waals surface area (Å²) in [4.78, 5) is 11.7. The lowest BCUT2D eigenvalue weighted by atomic mass is 10.1. The number of nitrogens with one attached hydrogen (secondary N) is 1. The first kappa shape index (κ1) is 15.3. The Morgan fingerprint density at radius 1 is 1.37 bits per heavy atom. The van der Waals surface area contributed by atoms with Crippen molar-refractivity contribution in [1.29, 1.82) is 0 Å². The molecule has 0 radical (unpaired) electrons. The van der Waals surface area contributed by atoms with Crippen molar-refractivity contribution in [1.82, 2.24) is 5.32 Å². The van der Waals surface area contributed by atoms with E-state index in [0.717, 1.165) is 0 Å². The second kappa shape index (κ2) is 5.91. The van der Waals surface area contributed by atoms with Crippen molar-refractivity contribution in [3.8, 4) is 5.75 Å². The van der Waals surface area contributed by atoms with Gasteiger partial charge in [0.2, 0.25) is 0 Å². The highest BCUT2D eigenvalue weighted by atomic mass is 19.1. The first-order valence-corrected chi connectivity index (χ1v) is 6.06. The molecule has 1 amide bonds. The Bertz CT molecular complexity index is 454. The number of halogens is 1. The molecule has 1 N–H and O–H groups in total. The second-order valence-electron chi connectivity index (χ2n) is 5.25. The van der Waals surface area contributed by atoms with E-state index in [2.05, 4.69) is 5.32 Å². The molecule has 0 saturated heterocycles. The molecule has 0 saturated carbocycles. The minimum absolute atomic E-state index is 0.381. The first-order valence-electron chi connectivity index (χ1n) is 6.06. The van der Waals surface area contributed by atoms with Crippen LogP contribution in [0, 0.1) is 5.82 Å². The van der Waals surface area contributed by atoms with Crippen molar-refractivity contribution >= 4 is 6.09 Å². The standard InChI is InChI=1S/C14H20FNO3/c1-9(16-13(17)19-14(2,3)4)11-8-10(15)6-7-12(11)18-5/h6-9H,1-5H3,(H,16,17).